The van der Waals surface area contributed by atoms with Crippen LogP contribution in [-0.4, -0.2) is 10.6 Å². The molecule has 0 unspecified atom stereocenters. The highest BCUT2D eigenvalue weighted by Crippen LogP contribution is 2.11. The largest absolute Gasteiger partial charge is 0.351 e. The van der Waals surface area contributed by atoms with Gasteiger partial charge in [0.25, 0.3) is 0 Å². The van der Waals surface area contributed by atoms with Crippen LogP contribution in [0.5, 0.6) is 0 Å². The number of aryl methyl sites for hydroxylation is 1. The van der Waals surface area contributed by atoms with Crippen molar-refractivity contribution in [1.82, 2.24) is 4.57 Å². The number of carbonyl (C=O) groups is 1. The quantitative estimate of drug-likeness (QED) is 0.684. The van der Waals surface area contributed by atoms with E-state index < -0.39 is 6.03 Å². The zero-order valence-corrected chi connectivity index (χ0v) is 8.05. The van der Waals surface area contributed by atoms with Gasteiger partial charge in [-0.1, -0.05) is 0 Å². The van der Waals surface area contributed by atoms with Crippen LogP contribution in [0, 0.1) is 12.3 Å². The van der Waals surface area contributed by atoms with Crippen LogP contribution in [-0.2, 0) is 0 Å². The molecule has 4 nitrogen and oxygen atoms in total. The molecule has 5 heteroatoms. The van der Waals surface area contributed by atoms with Gasteiger partial charge in [0.15, 0.2) is 0 Å². The molecular formula is C7H8BrN3O. The maximum absolute atomic E-state index is 10.7. The van der Waals surface area contributed by atoms with Crippen LogP contribution in [0.3, 0.4) is 0 Å². The van der Waals surface area contributed by atoms with Crippen LogP contribution >= 0.6 is 15.9 Å². The molecule has 1 rings (SSSR count). The number of nitrogens with two attached hydrogens (primary N) is 1. The highest BCUT2D eigenvalue weighted by Gasteiger charge is 2.01. The normalized spacial score (nSPS) is 9.83. The van der Waals surface area contributed by atoms with Crippen molar-refractivity contribution in [3.8, 4) is 0 Å². The summed E-state index contributed by atoms with van der Waals surface area (Å²) < 4.78 is 1.83. The molecule has 0 aliphatic heterocycles. The SMILES string of the molecule is Cc1cc(=N)n(C(N)=O)cc1Br. The Morgan fingerprint density at radius 1 is 1.75 bits per heavy atom. The van der Waals surface area contributed by atoms with Gasteiger partial charge < -0.3 is 5.73 Å². The van der Waals surface area contributed by atoms with Gasteiger partial charge in [-0.05, 0) is 34.5 Å². The summed E-state index contributed by atoms with van der Waals surface area (Å²) >= 11 is 3.24. The van der Waals surface area contributed by atoms with Gasteiger partial charge in [0.1, 0.15) is 5.49 Å². The molecule has 0 spiro atoms. The molecule has 0 atom stereocenters. The number of primary amides is 1. The fourth-order valence-electron chi connectivity index (χ4n) is 0.811. The second kappa shape index (κ2) is 3.10. The summed E-state index contributed by atoms with van der Waals surface area (Å²) in [6.07, 6.45) is 1.49. The number of amides is 1. The van der Waals surface area contributed by atoms with Crippen LogP contribution in [0.25, 0.3) is 0 Å². The van der Waals surface area contributed by atoms with Gasteiger partial charge in [0.2, 0.25) is 0 Å². The van der Waals surface area contributed by atoms with Crippen molar-refractivity contribution in [2.24, 2.45) is 5.73 Å². The van der Waals surface area contributed by atoms with E-state index in [-0.39, 0.29) is 5.49 Å². The van der Waals surface area contributed by atoms with Crippen molar-refractivity contribution in [1.29, 1.82) is 5.41 Å². The van der Waals surface area contributed by atoms with E-state index in [0.717, 1.165) is 14.6 Å². The van der Waals surface area contributed by atoms with Crippen molar-refractivity contribution < 1.29 is 4.79 Å². The molecule has 1 aromatic heterocycles. The highest BCUT2D eigenvalue weighted by molar-refractivity contribution is 9.10. The Morgan fingerprint density at radius 2 is 2.33 bits per heavy atom. The van der Waals surface area contributed by atoms with Crippen LogP contribution < -0.4 is 11.2 Å². The number of hydrogen-bond donors (Lipinski definition) is 2. The number of carbonyl (C=O) groups excluding carboxylic acids is 1. The Balaban J connectivity index is 3.43. The van der Waals surface area contributed by atoms with Gasteiger partial charge in [0, 0.05) is 10.7 Å². The minimum atomic E-state index is -0.652. The maximum atomic E-state index is 10.7. The smallest absolute Gasteiger partial charge is 0.324 e. The Bertz CT molecular complexity index is 383. The third-order valence-corrected chi connectivity index (χ3v) is 2.30. The molecule has 1 amide bonds. The second-order valence-electron chi connectivity index (χ2n) is 2.40. The number of aromatic nitrogens is 1. The number of halogens is 1. The summed E-state index contributed by atoms with van der Waals surface area (Å²) in [5.41, 5.74) is 6.00. The maximum Gasteiger partial charge on any atom is 0.324 e. The zero-order chi connectivity index (χ0) is 9.30. The molecule has 0 saturated carbocycles. The minimum absolute atomic E-state index is 0.0863. The van der Waals surface area contributed by atoms with Crippen molar-refractivity contribution >= 4 is 22.0 Å². The van der Waals surface area contributed by atoms with E-state index in [4.69, 9.17) is 11.1 Å². The average molecular weight is 230 g/mol. The molecular weight excluding hydrogens is 222 g/mol. The monoisotopic (exact) mass is 229 g/mol. The molecule has 0 bridgehead atoms. The second-order valence-corrected chi connectivity index (χ2v) is 3.25. The van der Waals surface area contributed by atoms with Crippen LogP contribution in [0.15, 0.2) is 16.7 Å². The summed E-state index contributed by atoms with van der Waals surface area (Å²) in [6, 6.07) is 0.912. The van der Waals surface area contributed by atoms with Crippen molar-refractivity contribution in [2.45, 2.75) is 6.92 Å². The first-order valence-electron chi connectivity index (χ1n) is 3.25. The van der Waals surface area contributed by atoms with E-state index in [9.17, 15) is 4.79 Å². The summed E-state index contributed by atoms with van der Waals surface area (Å²) in [5, 5.41) is 7.38. The van der Waals surface area contributed by atoms with Crippen LogP contribution in [0.1, 0.15) is 5.56 Å². The Hall–Kier alpha value is -1.10. The fraction of sp³-hybridized carbons (Fsp3) is 0.143. The lowest BCUT2D eigenvalue weighted by atomic mass is 10.3. The molecule has 64 valence electrons. The first kappa shape index (κ1) is 8.99. The molecule has 12 heavy (non-hydrogen) atoms. The van der Waals surface area contributed by atoms with E-state index in [1.165, 1.54) is 6.20 Å². The van der Waals surface area contributed by atoms with Gasteiger partial charge >= 0.3 is 6.03 Å². The summed E-state index contributed by atoms with van der Waals surface area (Å²) in [6.45, 7) is 1.84. The number of rotatable bonds is 0. The van der Waals surface area contributed by atoms with Crippen LogP contribution in [0.4, 0.5) is 4.79 Å². The van der Waals surface area contributed by atoms with Crippen molar-refractivity contribution in [3.05, 3.63) is 27.8 Å². The lowest BCUT2D eigenvalue weighted by molar-refractivity contribution is 0.249. The van der Waals surface area contributed by atoms with Crippen LogP contribution in [0.2, 0.25) is 0 Å². The van der Waals surface area contributed by atoms with E-state index in [1.807, 2.05) is 6.92 Å². The molecule has 0 aromatic carbocycles. The lowest BCUT2D eigenvalue weighted by Crippen LogP contribution is -2.31. The highest BCUT2D eigenvalue weighted by atomic mass is 79.9. The van der Waals surface area contributed by atoms with E-state index >= 15 is 0 Å². The molecule has 0 saturated heterocycles. The molecule has 0 fully saturated rings. The van der Waals surface area contributed by atoms with E-state index in [0.29, 0.717) is 0 Å². The molecule has 0 aliphatic carbocycles. The Kier molecular flexibility index (Phi) is 2.32. The van der Waals surface area contributed by atoms with E-state index in [2.05, 4.69) is 15.9 Å². The first-order chi connectivity index (χ1) is 5.52. The average Bonchev–Trinajstić information content (AvgIpc) is 1.96. The number of nitrogens with one attached hydrogen (secondary N) is 1. The predicted molar refractivity (Wildman–Crippen MR) is 47.7 cm³/mol. The molecule has 3 N–H and O–H groups in total. The summed E-state index contributed by atoms with van der Waals surface area (Å²) in [7, 11) is 0. The van der Waals surface area contributed by atoms with Gasteiger partial charge in [-0.2, -0.15) is 0 Å². The van der Waals surface area contributed by atoms with Crippen molar-refractivity contribution in [2.75, 3.05) is 0 Å². The number of hydrogen-bond acceptors (Lipinski definition) is 2. The Morgan fingerprint density at radius 3 is 2.83 bits per heavy atom. The first-order valence-corrected chi connectivity index (χ1v) is 4.05. The third kappa shape index (κ3) is 1.55. The van der Waals surface area contributed by atoms with Gasteiger partial charge in [-0.3, -0.25) is 9.98 Å². The molecule has 1 aromatic rings. The summed E-state index contributed by atoms with van der Waals surface area (Å²) in [4.78, 5) is 10.7. The van der Waals surface area contributed by atoms with Crippen molar-refractivity contribution in [3.63, 3.8) is 0 Å². The van der Waals surface area contributed by atoms with Gasteiger partial charge in [0.05, 0.1) is 0 Å². The molecule has 0 aliphatic rings. The zero-order valence-electron chi connectivity index (χ0n) is 6.47. The summed E-state index contributed by atoms with van der Waals surface area (Å²) in [5.74, 6) is 0. The van der Waals surface area contributed by atoms with E-state index in [1.54, 1.807) is 6.07 Å². The Labute approximate surface area is 77.6 Å². The molecule has 1 heterocycles. The molecule has 0 radical (unpaired) electrons. The standard InChI is InChI=1S/C7H8BrN3O/c1-4-2-6(9)11(7(10)12)3-5(4)8/h2-3,9H,1H3,(H2,10,12). The number of pyridine rings is 1. The number of nitrogens with zero attached hydrogens (tertiary/aromatic N) is 1. The predicted octanol–water partition coefficient (Wildman–Crippen LogP) is 0.965. The lowest BCUT2D eigenvalue weighted by Gasteiger charge is -2.03. The van der Waals surface area contributed by atoms with Gasteiger partial charge in [-0.25, -0.2) is 4.79 Å². The fourth-order valence-corrected chi connectivity index (χ4v) is 1.13. The topological polar surface area (TPSA) is 71.9 Å². The minimum Gasteiger partial charge on any atom is -0.351 e. The third-order valence-electron chi connectivity index (χ3n) is 1.47. The van der Waals surface area contributed by atoms with Gasteiger partial charge in [-0.15, -0.1) is 0 Å².